The molecule has 0 fully saturated rings. The molecular formula is C20H16N2O2. The van der Waals surface area contributed by atoms with Crippen LogP contribution in [0.3, 0.4) is 0 Å². The van der Waals surface area contributed by atoms with Crippen LogP contribution in [0.2, 0.25) is 0 Å². The van der Waals surface area contributed by atoms with E-state index in [0.717, 1.165) is 54.7 Å². The zero-order valence-corrected chi connectivity index (χ0v) is 12.9. The molecule has 4 heteroatoms. The lowest BCUT2D eigenvalue weighted by Gasteiger charge is -2.09. The summed E-state index contributed by atoms with van der Waals surface area (Å²) in [6.07, 6.45) is 0. The lowest BCUT2D eigenvalue weighted by Crippen LogP contribution is -1.97. The van der Waals surface area contributed by atoms with E-state index in [2.05, 4.69) is 22.1 Å². The van der Waals surface area contributed by atoms with Crippen molar-refractivity contribution in [3.63, 3.8) is 0 Å². The van der Waals surface area contributed by atoms with Gasteiger partial charge in [-0.15, -0.1) is 0 Å². The molecule has 0 saturated heterocycles. The predicted molar refractivity (Wildman–Crippen MR) is 97.0 cm³/mol. The molecule has 0 aliphatic heterocycles. The molecule has 24 heavy (non-hydrogen) atoms. The van der Waals surface area contributed by atoms with Gasteiger partial charge in [-0.2, -0.15) is 0 Å². The van der Waals surface area contributed by atoms with E-state index in [1.807, 2.05) is 36.4 Å². The quantitative estimate of drug-likeness (QED) is 0.398. The number of aliphatic hydroxyl groups excluding tert-OH is 2. The summed E-state index contributed by atoms with van der Waals surface area (Å²) in [5.74, 6) is 0. The van der Waals surface area contributed by atoms with E-state index in [1.165, 1.54) is 0 Å². The third kappa shape index (κ3) is 1.59. The highest BCUT2D eigenvalue weighted by Crippen LogP contribution is 2.40. The number of nitrogens with one attached hydrogen (secondary N) is 2. The van der Waals surface area contributed by atoms with Gasteiger partial charge in [0, 0.05) is 43.7 Å². The molecule has 0 spiro atoms. The number of fused-ring (bicyclic) bond motifs is 7. The van der Waals surface area contributed by atoms with Crippen molar-refractivity contribution in [2.45, 2.75) is 13.2 Å². The Morgan fingerprint density at radius 3 is 1.46 bits per heavy atom. The first-order valence-electron chi connectivity index (χ1n) is 7.99. The van der Waals surface area contributed by atoms with Crippen LogP contribution in [0.25, 0.3) is 43.6 Å². The molecular weight excluding hydrogens is 300 g/mol. The molecule has 5 aromatic rings. The molecule has 118 valence electrons. The highest BCUT2D eigenvalue weighted by atomic mass is 16.3. The van der Waals surface area contributed by atoms with Gasteiger partial charge >= 0.3 is 0 Å². The van der Waals surface area contributed by atoms with Crippen molar-refractivity contribution in [1.82, 2.24) is 9.97 Å². The van der Waals surface area contributed by atoms with Gasteiger partial charge in [0.1, 0.15) is 0 Å². The Kier molecular flexibility index (Phi) is 2.74. The Morgan fingerprint density at radius 2 is 1.04 bits per heavy atom. The number of rotatable bonds is 2. The van der Waals surface area contributed by atoms with Crippen LogP contribution in [0.4, 0.5) is 0 Å². The van der Waals surface area contributed by atoms with Gasteiger partial charge in [-0.25, -0.2) is 0 Å². The average molecular weight is 316 g/mol. The van der Waals surface area contributed by atoms with Gasteiger partial charge in [-0.1, -0.05) is 36.4 Å². The van der Waals surface area contributed by atoms with Crippen LogP contribution in [0.1, 0.15) is 11.1 Å². The van der Waals surface area contributed by atoms with E-state index >= 15 is 0 Å². The van der Waals surface area contributed by atoms with Crippen LogP contribution in [-0.2, 0) is 13.2 Å². The molecule has 0 aliphatic rings. The fourth-order valence-electron chi connectivity index (χ4n) is 3.91. The van der Waals surface area contributed by atoms with Gasteiger partial charge in [0.05, 0.1) is 24.2 Å². The minimum Gasteiger partial charge on any atom is -0.392 e. The van der Waals surface area contributed by atoms with E-state index in [-0.39, 0.29) is 13.2 Å². The zero-order valence-electron chi connectivity index (χ0n) is 12.9. The second-order valence-corrected chi connectivity index (χ2v) is 6.11. The molecule has 0 atom stereocenters. The van der Waals surface area contributed by atoms with E-state index in [0.29, 0.717) is 0 Å². The summed E-state index contributed by atoms with van der Waals surface area (Å²) in [6, 6.07) is 16.3. The van der Waals surface area contributed by atoms with Crippen LogP contribution in [0, 0.1) is 0 Å². The number of para-hydroxylation sites is 2. The summed E-state index contributed by atoms with van der Waals surface area (Å²) < 4.78 is 0. The van der Waals surface area contributed by atoms with Crippen LogP contribution >= 0.6 is 0 Å². The molecule has 3 aromatic carbocycles. The summed E-state index contributed by atoms with van der Waals surface area (Å²) in [6.45, 7) is -0.241. The first-order chi connectivity index (χ1) is 11.8. The maximum atomic E-state index is 9.96. The van der Waals surface area contributed by atoms with Gasteiger partial charge in [0.15, 0.2) is 0 Å². The highest BCUT2D eigenvalue weighted by molar-refractivity contribution is 6.28. The summed E-state index contributed by atoms with van der Waals surface area (Å²) >= 11 is 0. The van der Waals surface area contributed by atoms with E-state index in [1.54, 1.807) is 0 Å². The number of benzene rings is 3. The summed E-state index contributed by atoms with van der Waals surface area (Å²) in [5.41, 5.74) is 5.37. The monoisotopic (exact) mass is 316 g/mol. The molecule has 0 amide bonds. The number of aliphatic hydroxyl groups is 2. The summed E-state index contributed by atoms with van der Waals surface area (Å²) in [5, 5.41) is 24.4. The smallest absolute Gasteiger partial charge is 0.0706 e. The van der Waals surface area contributed by atoms with Crippen molar-refractivity contribution in [1.29, 1.82) is 0 Å². The van der Waals surface area contributed by atoms with Crippen molar-refractivity contribution in [3.8, 4) is 0 Å². The van der Waals surface area contributed by atoms with Crippen molar-refractivity contribution >= 4 is 43.6 Å². The Hall–Kier alpha value is -2.82. The first kappa shape index (κ1) is 13.6. The third-order valence-electron chi connectivity index (χ3n) is 4.95. The van der Waals surface area contributed by atoms with Crippen molar-refractivity contribution in [2.24, 2.45) is 0 Å². The van der Waals surface area contributed by atoms with Crippen LogP contribution in [-0.4, -0.2) is 20.2 Å². The van der Waals surface area contributed by atoms with Crippen LogP contribution in [0.5, 0.6) is 0 Å². The Balaban J connectivity index is 2.19. The fraction of sp³-hybridized carbons (Fsp3) is 0.100. The van der Waals surface area contributed by atoms with Gasteiger partial charge in [0.2, 0.25) is 0 Å². The van der Waals surface area contributed by atoms with Crippen LogP contribution < -0.4 is 0 Å². The van der Waals surface area contributed by atoms with E-state index < -0.39 is 0 Å². The maximum Gasteiger partial charge on any atom is 0.0706 e. The lowest BCUT2D eigenvalue weighted by molar-refractivity contribution is 0.262. The topological polar surface area (TPSA) is 72.0 Å². The third-order valence-corrected chi connectivity index (χ3v) is 4.95. The average Bonchev–Trinajstić information content (AvgIpc) is 3.18. The molecule has 4 N–H and O–H groups in total. The number of hydrogen-bond acceptors (Lipinski definition) is 2. The molecule has 0 bridgehead atoms. The van der Waals surface area contributed by atoms with Gasteiger partial charge in [-0.05, 0) is 12.1 Å². The number of aromatic nitrogens is 2. The number of H-pyrrole nitrogens is 2. The van der Waals surface area contributed by atoms with Gasteiger partial charge < -0.3 is 20.2 Å². The Bertz CT molecular complexity index is 1130. The van der Waals surface area contributed by atoms with Crippen molar-refractivity contribution < 1.29 is 10.2 Å². The molecule has 5 rings (SSSR count). The number of aromatic amines is 2. The minimum atomic E-state index is -0.121. The second kappa shape index (κ2) is 4.84. The largest absolute Gasteiger partial charge is 0.392 e. The zero-order chi connectivity index (χ0) is 16.3. The normalized spacial score (nSPS) is 12.1. The minimum absolute atomic E-state index is 0.121. The molecule has 0 aliphatic carbocycles. The molecule has 0 unspecified atom stereocenters. The SMILES string of the molecule is OCc1c(CO)c2[nH]c3ccccc3c2c2c1[nH]c1ccccc12. The first-order valence-corrected chi connectivity index (χ1v) is 7.99. The predicted octanol–water partition coefficient (Wildman–Crippen LogP) is 3.94. The molecule has 2 heterocycles. The summed E-state index contributed by atoms with van der Waals surface area (Å²) in [4.78, 5) is 6.87. The summed E-state index contributed by atoms with van der Waals surface area (Å²) in [7, 11) is 0. The molecule has 4 nitrogen and oxygen atoms in total. The molecule has 2 aromatic heterocycles. The van der Waals surface area contributed by atoms with Gasteiger partial charge in [-0.3, -0.25) is 0 Å². The molecule has 0 saturated carbocycles. The second-order valence-electron chi connectivity index (χ2n) is 6.11. The highest BCUT2D eigenvalue weighted by Gasteiger charge is 2.20. The van der Waals surface area contributed by atoms with Crippen molar-refractivity contribution in [2.75, 3.05) is 0 Å². The van der Waals surface area contributed by atoms with E-state index in [9.17, 15) is 10.2 Å². The standard InChI is InChI=1S/C20H16N2O2/c23-9-13-14(10-24)20-18(12-6-2-4-8-16(12)22-20)17-11-5-1-3-7-15(11)21-19(13)17/h1-8,21-24H,9-10H2. The van der Waals surface area contributed by atoms with Crippen molar-refractivity contribution in [3.05, 3.63) is 59.7 Å². The Labute approximate surface area is 137 Å². The maximum absolute atomic E-state index is 9.96. The molecule has 0 radical (unpaired) electrons. The van der Waals surface area contributed by atoms with Gasteiger partial charge in [0.25, 0.3) is 0 Å². The lowest BCUT2D eigenvalue weighted by atomic mass is 9.97. The Morgan fingerprint density at radius 1 is 0.625 bits per heavy atom. The van der Waals surface area contributed by atoms with Crippen LogP contribution in [0.15, 0.2) is 48.5 Å². The number of hydrogen-bond donors (Lipinski definition) is 4. The fourth-order valence-corrected chi connectivity index (χ4v) is 3.91. The van der Waals surface area contributed by atoms with E-state index in [4.69, 9.17) is 0 Å².